The molecule has 1 aromatic heterocycles. The van der Waals surface area contributed by atoms with E-state index in [1.54, 1.807) is 6.92 Å². The first-order valence-electron chi connectivity index (χ1n) is 7.20. The quantitative estimate of drug-likeness (QED) is 0.886. The van der Waals surface area contributed by atoms with Gasteiger partial charge in [-0.3, -0.25) is 4.79 Å². The number of carbonyl (C=O) groups excluding carboxylic acids is 1. The molecule has 0 unspecified atom stereocenters. The Balaban J connectivity index is 0.00000192. The average molecular weight is 339 g/mol. The molecule has 2 atom stereocenters. The number of anilines is 1. The van der Waals surface area contributed by atoms with Gasteiger partial charge in [-0.1, -0.05) is 17.3 Å². The highest BCUT2D eigenvalue weighted by Crippen LogP contribution is 2.20. The van der Waals surface area contributed by atoms with Gasteiger partial charge < -0.3 is 19.9 Å². The van der Waals surface area contributed by atoms with Crippen LogP contribution >= 0.6 is 12.4 Å². The monoisotopic (exact) mass is 338 g/mol. The molecule has 0 bridgehead atoms. The van der Waals surface area contributed by atoms with Crippen molar-refractivity contribution in [2.75, 3.05) is 18.5 Å². The molecule has 0 saturated carbocycles. The summed E-state index contributed by atoms with van der Waals surface area (Å²) in [6, 6.07) is 6.99. The van der Waals surface area contributed by atoms with Gasteiger partial charge in [0.1, 0.15) is 6.04 Å². The van der Waals surface area contributed by atoms with Crippen molar-refractivity contribution in [3.05, 3.63) is 30.2 Å². The highest BCUT2D eigenvalue weighted by Gasteiger charge is 2.28. The van der Waals surface area contributed by atoms with Crippen LogP contribution in [0.1, 0.15) is 12.8 Å². The molecule has 0 radical (unpaired) electrons. The molecule has 0 aliphatic carbocycles. The standard InChI is InChI=1S/C15H18N4O3.ClH/c1-9-13(16-6-7-21-9)15(20)18-12-5-3-4-11(8-12)14-17-10(2)22-19-14;/h3-5,8-9,13,16H,6-7H2,1-2H3,(H,18,20);1H/t9-,13+;/m1./s1. The van der Waals surface area contributed by atoms with Gasteiger partial charge in [-0.25, -0.2) is 0 Å². The number of benzene rings is 1. The van der Waals surface area contributed by atoms with Crippen molar-refractivity contribution in [3.63, 3.8) is 0 Å². The predicted molar refractivity (Wildman–Crippen MR) is 87.6 cm³/mol. The number of ether oxygens (including phenoxy) is 1. The largest absolute Gasteiger partial charge is 0.375 e. The Hall–Kier alpha value is -1.96. The molecule has 1 aliphatic heterocycles. The SMILES string of the molecule is Cc1nc(-c2cccc(NC(=O)[C@H]3NCCO[C@@H]3C)c2)no1.Cl. The van der Waals surface area contributed by atoms with E-state index >= 15 is 0 Å². The van der Waals surface area contributed by atoms with Crippen LogP contribution in [-0.2, 0) is 9.53 Å². The molecule has 1 aromatic carbocycles. The van der Waals surface area contributed by atoms with Gasteiger partial charge in [0.05, 0.1) is 12.7 Å². The molecular formula is C15H19ClN4O3. The molecule has 1 aliphatic rings. The minimum Gasteiger partial charge on any atom is -0.375 e. The van der Waals surface area contributed by atoms with Gasteiger partial charge in [0.2, 0.25) is 17.6 Å². The fourth-order valence-corrected chi connectivity index (χ4v) is 2.40. The third-order valence-corrected chi connectivity index (χ3v) is 3.51. The van der Waals surface area contributed by atoms with E-state index in [1.807, 2.05) is 31.2 Å². The second-order valence-electron chi connectivity index (χ2n) is 5.21. The maximum atomic E-state index is 12.3. The number of nitrogens with zero attached hydrogens (tertiary/aromatic N) is 2. The zero-order valence-corrected chi connectivity index (χ0v) is 13.7. The Bertz CT molecular complexity index is 676. The number of hydrogen-bond donors (Lipinski definition) is 2. The third kappa shape index (κ3) is 4.07. The lowest BCUT2D eigenvalue weighted by Crippen LogP contribution is -2.53. The molecule has 124 valence electrons. The van der Waals surface area contributed by atoms with Crippen LogP contribution in [0.2, 0.25) is 0 Å². The minimum absolute atomic E-state index is 0. The molecule has 1 amide bonds. The number of amides is 1. The fourth-order valence-electron chi connectivity index (χ4n) is 2.40. The van der Waals surface area contributed by atoms with Crippen molar-refractivity contribution in [3.8, 4) is 11.4 Å². The van der Waals surface area contributed by atoms with Crippen LogP contribution in [0.3, 0.4) is 0 Å². The first kappa shape index (κ1) is 17.4. The highest BCUT2D eigenvalue weighted by molar-refractivity contribution is 5.95. The van der Waals surface area contributed by atoms with E-state index in [-0.39, 0.29) is 30.5 Å². The number of hydrogen-bond acceptors (Lipinski definition) is 6. The first-order chi connectivity index (χ1) is 10.6. The second-order valence-corrected chi connectivity index (χ2v) is 5.21. The summed E-state index contributed by atoms with van der Waals surface area (Å²) in [5, 5.41) is 9.93. The smallest absolute Gasteiger partial charge is 0.244 e. The van der Waals surface area contributed by atoms with E-state index in [2.05, 4.69) is 20.8 Å². The van der Waals surface area contributed by atoms with Gasteiger partial charge in [-0.05, 0) is 19.1 Å². The molecule has 1 fully saturated rings. The molecule has 7 nitrogen and oxygen atoms in total. The third-order valence-electron chi connectivity index (χ3n) is 3.51. The van der Waals surface area contributed by atoms with E-state index in [1.165, 1.54) is 0 Å². The van der Waals surface area contributed by atoms with Gasteiger partial charge in [0.25, 0.3) is 0 Å². The van der Waals surface area contributed by atoms with Crippen molar-refractivity contribution in [1.29, 1.82) is 0 Å². The van der Waals surface area contributed by atoms with E-state index in [4.69, 9.17) is 9.26 Å². The molecule has 3 rings (SSSR count). The average Bonchev–Trinajstić information content (AvgIpc) is 2.94. The van der Waals surface area contributed by atoms with Gasteiger partial charge in [-0.2, -0.15) is 4.98 Å². The van der Waals surface area contributed by atoms with Crippen LogP contribution in [0.25, 0.3) is 11.4 Å². The molecule has 2 aromatic rings. The zero-order chi connectivity index (χ0) is 15.5. The lowest BCUT2D eigenvalue weighted by Gasteiger charge is -2.29. The van der Waals surface area contributed by atoms with E-state index in [0.29, 0.717) is 30.6 Å². The lowest BCUT2D eigenvalue weighted by molar-refractivity contribution is -0.123. The van der Waals surface area contributed by atoms with Gasteiger partial charge >= 0.3 is 0 Å². The Morgan fingerprint density at radius 2 is 2.26 bits per heavy atom. The van der Waals surface area contributed by atoms with Crippen LogP contribution in [0.15, 0.2) is 28.8 Å². The summed E-state index contributed by atoms with van der Waals surface area (Å²) < 4.78 is 10.5. The molecular weight excluding hydrogens is 320 g/mol. The van der Waals surface area contributed by atoms with Crippen molar-refractivity contribution in [1.82, 2.24) is 15.5 Å². The van der Waals surface area contributed by atoms with Crippen molar-refractivity contribution in [2.45, 2.75) is 26.0 Å². The Morgan fingerprint density at radius 1 is 1.43 bits per heavy atom. The maximum Gasteiger partial charge on any atom is 0.244 e. The van der Waals surface area contributed by atoms with E-state index < -0.39 is 0 Å². The molecule has 2 heterocycles. The number of morpholine rings is 1. The number of halogens is 1. The van der Waals surface area contributed by atoms with E-state index in [0.717, 1.165) is 5.56 Å². The first-order valence-corrected chi connectivity index (χ1v) is 7.20. The number of rotatable bonds is 3. The van der Waals surface area contributed by atoms with E-state index in [9.17, 15) is 4.79 Å². The molecule has 1 saturated heterocycles. The minimum atomic E-state index is -0.357. The van der Waals surface area contributed by atoms with Crippen LogP contribution in [0.5, 0.6) is 0 Å². The highest BCUT2D eigenvalue weighted by atomic mass is 35.5. The summed E-state index contributed by atoms with van der Waals surface area (Å²) in [6.45, 7) is 4.91. The molecule has 2 N–H and O–H groups in total. The number of nitrogens with one attached hydrogen (secondary N) is 2. The molecule has 8 heteroatoms. The van der Waals surface area contributed by atoms with Gasteiger partial charge in [-0.15, -0.1) is 12.4 Å². The number of carbonyl (C=O) groups is 1. The van der Waals surface area contributed by atoms with Gasteiger partial charge in [0, 0.05) is 24.7 Å². The fraction of sp³-hybridized carbons (Fsp3) is 0.400. The number of aromatic nitrogens is 2. The second kappa shape index (κ2) is 7.54. The molecule has 0 spiro atoms. The van der Waals surface area contributed by atoms with Crippen LogP contribution < -0.4 is 10.6 Å². The summed E-state index contributed by atoms with van der Waals surface area (Å²) in [5.41, 5.74) is 1.47. The lowest BCUT2D eigenvalue weighted by atomic mass is 10.1. The Morgan fingerprint density at radius 3 is 2.96 bits per heavy atom. The van der Waals surface area contributed by atoms with Crippen molar-refractivity contribution < 1.29 is 14.1 Å². The summed E-state index contributed by atoms with van der Waals surface area (Å²) >= 11 is 0. The van der Waals surface area contributed by atoms with Crippen LogP contribution in [-0.4, -0.2) is 41.3 Å². The summed E-state index contributed by atoms with van der Waals surface area (Å²) in [7, 11) is 0. The Kier molecular flexibility index (Phi) is 5.70. The van der Waals surface area contributed by atoms with Gasteiger partial charge in [0.15, 0.2) is 0 Å². The van der Waals surface area contributed by atoms with Crippen LogP contribution in [0.4, 0.5) is 5.69 Å². The summed E-state index contributed by atoms with van der Waals surface area (Å²) in [5.74, 6) is 0.886. The number of aryl methyl sites for hydroxylation is 1. The van der Waals surface area contributed by atoms with Crippen LogP contribution in [0, 0.1) is 6.92 Å². The molecule has 23 heavy (non-hydrogen) atoms. The zero-order valence-electron chi connectivity index (χ0n) is 12.9. The van der Waals surface area contributed by atoms with Crippen molar-refractivity contribution in [2.24, 2.45) is 0 Å². The summed E-state index contributed by atoms with van der Waals surface area (Å²) in [4.78, 5) is 16.5. The Labute approximate surface area is 140 Å². The van der Waals surface area contributed by atoms with Crippen molar-refractivity contribution >= 4 is 24.0 Å². The maximum absolute atomic E-state index is 12.3. The normalized spacial score (nSPS) is 20.6. The predicted octanol–water partition coefficient (Wildman–Crippen LogP) is 1.78. The summed E-state index contributed by atoms with van der Waals surface area (Å²) in [6.07, 6.45) is -0.156. The topological polar surface area (TPSA) is 89.3 Å².